The summed E-state index contributed by atoms with van der Waals surface area (Å²) in [6.07, 6.45) is 7.34. The van der Waals surface area contributed by atoms with E-state index >= 15 is 0 Å². The molecule has 1 fully saturated rings. The second kappa shape index (κ2) is 11.1. The second-order valence-corrected chi connectivity index (χ2v) is 11.0. The van der Waals surface area contributed by atoms with Crippen molar-refractivity contribution in [3.05, 3.63) is 53.7 Å². The first-order valence-corrected chi connectivity index (χ1v) is 13.2. The van der Waals surface area contributed by atoms with Crippen LogP contribution in [0.25, 0.3) is 0 Å². The first-order valence-electron chi connectivity index (χ1n) is 10.8. The maximum absolute atomic E-state index is 12.9. The van der Waals surface area contributed by atoms with Gasteiger partial charge in [-0.15, -0.1) is 0 Å². The Kier molecular flexibility index (Phi) is 8.51. The van der Waals surface area contributed by atoms with Gasteiger partial charge in [0.2, 0.25) is 15.9 Å². The zero-order valence-corrected chi connectivity index (χ0v) is 19.8. The van der Waals surface area contributed by atoms with Crippen molar-refractivity contribution in [3.63, 3.8) is 0 Å². The van der Waals surface area contributed by atoms with Gasteiger partial charge in [0.05, 0.1) is 10.8 Å². The summed E-state index contributed by atoms with van der Waals surface area (Å²) >= 11 is 1.30. The van der Waals surface area contributed by atoms with Crippen LogP contribution >= 0.6 is 11.8 Å². The van der Waals surface area contributed by atoms with Crippen molar-refractivity contribution in [3.8, 4) is 0 Å². The fourth-order valence-corrected chi connectivity index (χ4v) is 5.86. The van der Waals surface area contributed by atoms with E-state index in [1.165, 1.54) is 39.8 Å². The van der Waals surface area contributed by atoms with Crippen LogP contribution in [0.5, 0.6) is 0 Å². The van der Waals surface area contributed by atoms with E-state index in [0.717, 1.165) is 32.1 Å². The van der Waals surface area contributed by atoms with Crippen LogP contribution in [0.1, 0.15) is 43.2 Å². The summed E-state index contributed by atoms with van der Waals surface area (Å²) in [6, 6.07) is 11.5. The molecule has 0 unspecified atom stereocenters. The smallest absolute Gasteiger partial charge is 0.244 e. The highest BCUT2D eigenvalue weighted by atomic mass is 32.2. The van der Waals surface area contributed by atoms with E-state index in [-0.39, 0.29) is 22.6 Å². The molecule has 1 heterocycles. The van der Waals surface area contributed by atoms with Crippen LogP contribution in [-0.2, 0) is 21.2 Å². The Labute approximate surface area is 189 Å². The number of carbonyl (C=O) groups excluding carboxylic acids is 1. The van der Waals surface area contributed by atoms with E-state index in [0.29, 0.717) is 11.6 Å². The molecule has 8 heteroatoms. The number of rotatable bonds is 9. The SMILES string of the molecule is Cc1ccccc1CCNC(=O)CSc1ccc(S(=O)(=O)N(C)C2CCCCC2)cn1. The van der Waals surface area contributed by atoms with Gasteiger partial charge in [0.1, 0.15) is 4.90 Å². The molecule has 6 nitrogen and oxygen atoms in total. The highest BCUT2D eigenvalue weighted by Gasteiger charge is 2.29. The van der Waals surface area contributed by atoms with E-state index in [2.05, 4.69) is 29.4 Å². The average molecular weight is 462 g/mol. The van der Waals surface area contributed by atoms with Gasteiger partial charge in [0, 0.05) is 25.8 Å². The number of nitrogens with one attached hydrogen (secondary N) is 1. The van der Waals surface area contributed by atoms with Crippen molar-refractivity contribution < 1.29 is 13.2 Å². The van der Waals surface area contributed by atoms with Crippen molar-refractivity contribution in [2.75, 3.05) is 19.3 Å². The second-order valence-electron chi connectivity index (χ2n) is 7.96. The number of amides is 1. The number of hydrogen-bond donors (Lipinski definition) is 1. The Bertz CT molecular complexity index is 972. The molecule has 168 valence electrons. The number of carbonyl (C=O) groups is 1. The average Bonchev–Trinajstić information content (AvgIpc) is 2.79. The third kappa shape index (κ3) is 6.54. The van der Waals surface area contributed by atoms with Gasteiger partial charge in [-0.25, -0.2) is 13.4 Å². The Balaban J connectivity index is 1.47. The largest absolute Gasteiger partial charge is 0.355 e. The van der Waals surface area contributed by atoms with Crippen molar-refractivity contribution >= 4 is 27.7 Å². The maximum atomic E-state index is 12.9. The van der Waals surface area contributed by atoms with Gasteiger partial charge in [0.25, 0.3) is 0 Å². The first kappa shape index (κ1) is 23.8. The molecule has 1 aromatic carbocycles. The molecule has 0 aliphatic heterocycles. The fourth-order valence-electron chi connectivity index (χ4n) is 3.83. The summed E-state index contributed by atoms with van der Waals surface area (Å²) in [5, 5.41) is 3.56. The topological polar surface area (TPSA) is 79.4 Å². The van der Waals surface area contributed by atoms with Crippen molar-refractivity contribution in [1.29, 1.82) is 0 Å². The molecule has 1 saturated carbocycles. The van der Waals surface area contributed by atoms with Gasteiger partial charge >= 0.3 is 0 Å². The predicted octanol–water partition coefficient (Wildman–Crippen LogP) is 3.79. The number of hydrogen-bond acceptors (Lipinski definition) is 5. The molecular weight excluding hydrogens is 430 g/mol. The number of aromatic nitrogens is 1. The van der Waals surface area contributed by atoms with Gasteiger partial charge in [0.15, 0.2) is 0 Å². The van der Waals surface area contributed by atoms with E-state index in [1.54, 1.807) is 19.2 Å². The third-order valence-electron chi connectivity index (χ3n) is 5.80. The number of aryl methyl sites for hydroxylation is 1. The van der Waals surface area contributed by atoms with Crippen LogP contribution in [0.3, 0.4) is 0 Å². The fraction of sp³-hybridized carbons (Fsp3) is 0.478. The lowest BCUT2D eigenvalue weighted by Crippen LogP contribution is -2.38. The molecule has 1 aliphatic rings. The summed E-state index contributed by atoms with van der Waals surface area (Å²) in [6.45, 7) is 2.65. The minimum atomic E-state index is -3.55. The van der Waals surface area contributed by atoms with Crippen LogP contribution in [0, 0.1) is 6.92 Å². The number of pyridine rings is 1. The molecule has 0 atom stereocenters. The van der Waals surface area contributed by atoms with E-state index in [1.807, 2.05) is 12.1 Å². The minimum Gasteiger partial charge on any atom is -0.355 e. The first-order chi connectivity index (χ1) is 14.9. The predicted molar refractivity (Wildman–Crippen MR) is 125 cm³/mol. The number of nitrogens with zero attached hydrogens (tertiary/aromatic N) is 2. The summed E-state index contributed by atoms with van der Waals surface area (Å²) < 4.78 is 27.3. The molecule has 0 radical (unpaired) electrons. The van der Waals surface area contributed by atoms with Gasteiger partial charge in [-0.2, -0.15) is 4.31 Å². The van der Waals surface area contributed by atoms with E-state index in [4.69, 9.17) is 0 Å². The molecule has 1 N–H and O–H groups in total. The van der Waals surface area contributed by atoms with Crippen molar-refractivity contribution in [2.24, 2.45) is 0 Å². The van der Waals surface area contributed by atoms with Gasteiger partial charge in [-0.1, -0.05) is 55.3 Å². The molecule has 31 heavy (non-hydrogen) atoms. The quantitative estimate of drug-likeness (QED) is 0.575. The molecular formula is C23H31N3O3S2. The molecule has 0 bridgehead atoms. The molecule has 3 rings (SSSR count). The number of sulfonamides is 1. The lowest BCUT2D eigenvalue weighted by molar-refractivity contribution is -0.118. The molecule has 1 aromatic heterocycles. The molecule has 1 aliphatic carbocycles. The third-order valence-corrected chi connectivity index (χ3v) is 8.64. The molecule has 2 aromatic rings. The van der Waals surface area contributed by atoms with Crippen molar-refractivity contribution in [2.45, 2.75) is 61.4 Å². The molecule has 0 saturated heterocycles. The normalized spacial score (nSPS) is 15.2. The van der Waals surface area contributed by atoms with Gasteiger partial charge in [-0.05, 0) is 49.4 Å². The van der Waals surface area contributed by atoms with Crippen LogP contribution in [-0.4, -0.2) is 49.0 Å². The van der Waals surface area contributed by atoms with Crippen LogP contribution in [0.2, 0.25) is 0 Å². The highest BCUT2D eigenvalue weighted by molar-refractivity contribution is 7.99. The van der Waals surface area contributed by atoms with Crippen LogP contribution in [0.15, 0.2) is 52.5 Å². The lowest BCUT2D eigenvalue weighted by atomic mass is 9.96. The van der Waals surface area contributed by atoms with Gasteiger partial charge in [-0.3, -0.25) is 4.79 Å². The van der Waals surface area contributed by atoms with Crippen molar-refractivity contribution in [1.82, 2.24) is 14.6 Å². The Hall–Kier alpha value is -1.90. The summed E-state index contributed by atoms with van der Waals surface area (Å²) in [4.78, 5) is 16.6. The molecule has 0 spiro atoms. The van der Waals surface area contributed by atoms with Gasteiger partial charge < -0.3 is 5.32 Å². The summed E-state index contributed by atoms with van der Waals surface area (Å²) in [7, 11) is -1.88. The standard InChI is InChI=1S/C23H31N3O3S2/c1-18-8-6-7-9-19(18)14-15-24-22(27)17-30-23-13-12-21(16-25-23)31(28,29)26(2)20-10-4-3-5-11-20/h6-9,12-13,16,20H,3-5,10-11,14-15,17H2,1-2H3,(H,24,27). The lowest BCUT2D eigenvalue weighted by Gasteiger charge is -2.30. The number of thioether (sulfide) groups is 1. The zero-order valence-electron chi connectivity index (χ0n) is 18.2. The minimum absolute atomic E-state index is 0.0610. The van der Waals surface area contributed by atoms with Crippen LogP contribution in [0.4, 0.5) is 0 Å². The Morgan fingerprint density at radius 2 is 1.90 bits per heavy atom. The van der Waals surface area contributed by atoms with E-state index < -0.39 is 10.0 Å². The Morgan fingerprint density at radius 1 is 1.16 bits per heavy atom. The summed E-state index contributed by atoms with van der Waals surface area (Å²) in [5.41, 5.74) is 2.45. The zero-order chi connectivity index (χ0) is 22.3. The van der Waals surface area contributed by atoms with E-state index in [9.17, 15) is 13.2 Å². The van der Waals surface area contributed by atoms with Crippen LogP contribution < -0.4 is 5.32 Å². The monoisotopic (exact) mass is 461 g/mol. The number of benzene rings is 1. The molecule has 1 amide bonds. The highest BCUT2D eigenvalue weighted by Crippen LogP contribution is 2.27. The Morgan fingerprint density at radius 3 is 2.58 bits per heavy atom. The summed E-state index contributed by atoms with van der Waals surface area (Å²) in [5.74, 6) is 0.184. The maximum Gasteiger partial charge on any atom is 0.244 e.